The molecule has 1 aromatic carbocycles. The molecule has 0 radical (unpaired) electrons. The predicted molar refractivity (Wildman–Crippen MR) is 72.5 cm³/mol. The number of carbonyl (C=O) groups is 1. The fourth-order valence-electron chi connectivity index (χ4n) is 2.02. The Kier molecular flexibility index (Phi) is 4.49. The monoisotopic (exact) mass is 280 g/mol. The second-order valence-corrected chi connectivity index (χ2v) is 4.25. The van der Waals surface area contributed by atoms with E-state index in [-0.39, 0.29) is 22.8 Å². The molecule has 1 heterocycles. The zero-order valence-electron chi connectivity index (χ0n) is 11.1. The van der Waals surface area contributed by atoms with E-state index in [1.54, 1.807) is 18.1 Å². The number of para-hydroxylation sites is 1. The Morgan fingerprint density at radius 2 is 2.10 bits per heavy atom. The zero-order chi connectivity index (χ0) is 14.5. The molecule has 1 aliphatic rings. The van der Waals surface area contributed by atoms with Gasteiger partial charge in [-0.1, -0.05) is 6.07 Å². The van der Waals surface area contributed by atoms with Crippen LogP contribution in [0.5, 0.6) is 0 Å². The normalized spacial score (nSPS) is 15.7. The average molecular weight is 280 g/mol. The molecule has 2 rings (SSSR count). The van der Waals surface area contributed by atoms with Gasteiger partial charge in [0.2, 0.25) is 0 Å². The first-order valence-electron chi connectivity index (χ1n) is 6.22. The highest BCUT2D eigenvalue weighted by Gasteiger charge is 2.22. The lowest BCUT2D eigenvalue weighted by Crippen LogP contribution is -2.48. The Bertz CT molecular complexity index is 514. The van der Waals surface area contributed by atoms with Gasteiger partial charge in [-0.3, -0.25) is 20.3 Å². The van der Waals surface area contributed by atoms with Crippen LogP contribution in [-0.4, -0.2) is 49.2 Å². The lowest BCUT2D eigenvalue weighted by atomic mass is 10.1. The molecule has 0 aromatic heterocycles. The van der Waals surface area contributed by atoms with Gasteiger partial charge in [0.1, 0.15) is 5.69 Å². The molecular formula is C12H16N4O4. The number of ether oxygens (including phenoxy) is 1. The third-order valence-electron chi connectivity index (χ3n) is 3.00. The van der Waals surface area contributed by atoms with E-state index in [2.05, 4.69) is 10.7 Å². The van der Waals surface area contributed by atoms with E-state index in [1.807, 2.05) is 0 Å². The van der Waals surface area contributed by atoms with Gasteiger partial charge in [0.05, 0.1) is 23.7 Å². The lowest BCUT2D eigenvalue weighted by Gasteiger charge is -2.27. The van der Waals surface area contributed by atoms with Gasteiger partial charge in [-0.2, -0.15) is 0 Å². The number of carbonyl (C=O) groups excluding carboxylic acids is 1. The summed E-state index contributed by atoms with van der Waals surface area (Å²) in [7, 11) is 1.55. The summed E-state index contributed by atoms with van der Waals surface area (Å²) in [6.45, 7) is 2.29. The van der Waals surface area contributed by atoms with Crippen molar-refractivity contribution in [1.82, 2.24) is 10.4 Å². The third kappa shape index (κ3) is 3.03. The summed E-state index contributed by atoms with van der Waals surface area (Å²) in [6, 6.07) is 4.40. The van der Waals surface area contributed by atoms with Crippen molar-refractivity contribution in [1.29, 1.82) is 0 Å². The molecule has 1 saturated heterocycles. The van der Waals surface area contributed by atoms with E-state index in [1.165, 1.54) is 12.1 Å². The standard InChI is InChI=1S/C12H16N4O4/c1-13-11-9(3-2-4-10(11)16(18)19)12(17)14-15-5-7-20-8-6-15/h2-4,13H,5-8H2,1H3,(H,14,17). The zero-order valence-corrected chi connectivity index (χ0v) is 11.1. The molecule has 8 heteroatoms. The van der Waals surface area contributed by atoms with Gasteiger partial charge in [-0.05, 0) is 6.07 Å². The van der Waals surface area contributed by atoms with Gasteiger partial charge in [-0.25, -0.2) is 5.01 Å². The quantitative estimate of drug-likeness (QED) is 0.619. The van der Waals surface area contributed by atoms with E-state index >= 15 is 0 Å². The number of nitro benzene ring substituents is 1. The van der Waals surface area contributed by atoms with Gasteiger partial charge in [-0.15, -0.1) is 0 Å². The SMILES string of the molecule is CNc1c(C(=O)NN2CCOCC2)cccc1[N+](=O)[O-]. The summed E-state index contributed by atoms with van der Waals surface area (Å²) in [6.07, 6.45) is 0. The Morgan fingerprint density at radius 3 is 2.70 bits per heavy atom. The summed E-state index contributed by atoms with van der Waals surface area (Å²) in [5.41, 5.74) is 3.06. The van der Waals surface area contributed by atoms with Crippen LogP contribution < -0.4 is 10.7 Å². The molecule has 0 atom stereocenters. The molecule has 8 nitrogen and oxygen atoms in total. The van der Waals surface area contributed by atoms with Crippen molar-refractivity contribution in [3.8, 4) is 0 Å². The number of hydrogen-bond acceptors (Lipinski definition) is 6. The smallest absolute Gasteiger partial charge is 0.293 e. The summed E-state index contributed by atoms with van der Waals surface area (Å²) >= 11 is 0. The number of rotatable bonds is 4. The average Bonchev–Trinajstić information content (AvgIpc) is 2.47. The van der Waals surface area contributed by atoms with Crippen LogP contribution in [0.1, 0.15) is 10.4 Å². The second kappa shape index (κ2) is 6.31. The highest BCUT2D eigenvalue weighted by molar-refractivity contribution is 6.01. The molecule has 0 aliphatic carbocycles. The summed E-state index contributed by atoms with van der Waals surface area (Å²) in [5, 5.41) is 15.4. The molecule has 1 amide bonds. The van der Waals surface area contributed by atoms with Crippen molar-refractivity contribution in [2.45, 2.75) is 0 Å². The van der Waals surface area contributed by atoms with Crippen LogP contribution in [0, 0.1) is 10.1 Å². The van der Waals surface area contributed by atoms with Crippen LogP contribution in [0.4, 0.5) is 11.4 Å². The lowest BCUT2D eigenvalue weighted by molar-refractivity contribution is -0.384. The van der Waals surface area contributed by atoms with E-state index in [0.29, 0.717) is 26.3 Å². The van der Waals surface area contributed by atoms with Gasteiger partial charge >= 0.3 is 0 Å². The summed E-state index contributed by atoms with van der Waals surface area (Å²) in [5.74, 6) is -0.375. The number of nitrogens with zero attached hydrogens (tertiary/aromatic N) is 2. The Labute approximate surface area is 115 Å². The van der Waals surface area contributed by atoms with Crippen molar-refractivity contribution >= 4 is 17.3 Å². The van der Waals surface area contributed by atoms with Crippen molar-refractivity contribution in [2.75, 3.05) is 38.7 Å². The molecule has 0 saturated carbocycles. The first-order chi connectivity index (χ1) is 9.63. The molecule has 1 aliphatic heterocycles. The molecule has 1 aromatic rings. The number of anilines is 1. The molecule has 0 unspecified atom stereocenters. The first-order valence-corrected chi connectivity index (χ1v) is 6.22. The van der Waals surface area contributed by atoms with Gasteiger partial charge in [0.15, 0.2) is 0 Å². The van der Waals surface area contributed by atoms with E-state index in [9.17, 15) is 14.9 Å². The number of benzene rings is 1. The predicted octanol–water partition coefficient (Wildman–Crippen LogP) is 0.614. The molecule has 1 fully saturated rings. The fraction of sp³-hybridized carbons (Fsp3) is 0.417. The highest BCUT2D eigenvalue weighted by Crippen LogP contribution is 2.27. The number of morpholine rings is 1. The largest absolute Gasteiger partial charge is 0.382 e. The van der Waals surface area contributed by atoms with Crippen molar-refractivity contribution in [2.24, 2.45) is 0 Å². The summed E-state index contributed by atoms with van der Waals surface area (Å²) in [4.78, 5) is 22.6. The van der Waals surface area contributed by atoms with Crippen molar-refractivity contribution in [3.05, 3.63) is 33.9 Å². The van der Waals surface area contributed by atoms with E-state index in [0.717, 1.165) is 0 Å². The minimum absolute atomic E-state index is 0.123. The maximum absolute atomic E-state index is 12.2. The van der Waals surface area contributed by atoms with Crippen molar-refractivity contribution in [3.63, 3.8) is 0 Å². The topological polar surface area (TPSA) is 96.7 Å². The number of hydrogen-bond donors (Lipinski definition) is 2. The Balaban J connectivity index is 2.20. The van der Waals surface area contributed by atoms with E-state index in [4.69, 9.17) is 4.74 Å². The van der Waals surface area contributed by atoms with Gasteiger partial charge < -0.3 is 10.1 Å². The number of nitrogens with one attached hydrogen (secondary N) is 2. The summed E-state index contributed by atoms with van der Waals surface area (Å²) < 4.78 is 5.19. The maximum atomic E-state index is 12.2. The van der Waals surface area contributed by atoms with Crippen LogP contribution in [0.2, 0.25) is 0 Å². The molecule has 20 heavy (non-hydrogen) atoms. The fourth-order valence-corrected chi connectivity index (χ4v) is 2.02. The number of amides is 1. The minimum Gasteiger partial charge on any atom is -0.382 e. The van der Waals surface area contributed by atoms with Crippen LogP contribution in [-0.2, 0) is 4.74 Å². The van der Waals surface area contributed by atoms with Crippen LogP contribution >= 0.6 is 0 Å². The molecule has 108 valence electrons. The third-order valence-corrected chi connectivity index (χ3v) is 3.00. The minimum atomic E-state index is -0.517. The van der Waals surface area contributed by atoms with Crippen LogP contribution in [0.25, 0.3) is 0 Å². The van der Waals surface area contributed by atoms with Crippen LogP contribution in [0.15, 0.2) is 18.2 Å². The number of hydrazine groups is 1. The number of nitro groups is 1. The Hall–Kier alpha value is -2.19. The van der Waals surface area contributed by atoms with Crippen LogP contribution in [0.3, 0.4) is 0 Å². The maximum Gasteiger partial charge on any atom is 0.293 e. The van der Waals surface area contributed by atoms with E-state index < -0.39 is 4.92 Å². The van der Waals surface area contributed by atoms with Gasteiger partial charge in [0, 0.05) is 26.2 Å². The Morgan fingerprint density at radius 1 is 1.40 bits per heavy atom. The molecule has 2 N–H and O–H groups in total. The molecule has 0 spiro atoms. The first kappa shape index (κ1) is 14.2. The van der Waals surface area contributed by atoms with Crippen molar-refractivity contribution < 1.29 is 14.5 Å². The second-order valence-electron chi connectivity index (χ2n) is 4.25. The highest BCUT2D eigenvalue weighted by atomic mass is 16.6. The van der Waals surface area contributed by atoms with Gasteiger partial charge in [0.25, 0.3) is 11.6 Å². The molecule has 0 bridgehead atoms. The molecular weight excluding hydrogens is 264 g/mol.